The Kier molecular flexibility index (Phi) is 4.52. The predicted molar refractivity (Wildman–Crippen MR) is 73.5 cm³/mol. The van der Waals surface area contributed by atoms with Crippen molar-refractivity contribution in [3.05, 3.63) is 0 Å². The lowest BCUT2D eigenvalue weighted by Crippen LogP contribution is -2.48. The average molecular weight is 284 g/mol. The summed E-state index contributed by atoms with van der Waals surface area (Å²) in [5.74, 6) is -0.796. The van der Waals surface area contributed by atoms with E-state index in [2.05, 4.69) is 5.32 Å². The predicted octanol–water partition coefficient (Wildman–Crippen LogP) is 1.45. The van der Waals surface area contributed by atoms with Crippen LogP contribution in [0.5, 0.6) is 0 Å². The minimum atomic E-state index is -0.796. The molecule has 0 radical (unpaired) electrons. The minimum Gasteiger partial charge on any atom is -0.481 e. The third-order valence-corrected chi connectivity index (χ3v) is 4.58. The Balaban J connectivity index is 1.89. The molecule has 0 bridgehead atoms. The van der Waals surface area contributed by atoms with Gasteiger partial charge in [0.25, 0.3) is 0 Å². The Hall–Kier alpha value is -1.30. The summed E-state index contributed by atoms with van der Waals surface area (Å²) in [4.78, 5) is 25.2. The van der Waals surface area contributed by atoms with Crippen LogP contribution in [0.4, 0.5) is 4.79 Å². The van der Waals surface area contributed by atoms with Crippen LogP contribution in [0.25, 0.3) is 0 Å². The van der Waals surface area contributed by atoms with E-state index in [1.165, 1.54) is 0 Å². The molecule has 20 heavy (non-hydrogen) atoms. The number of carbonyl (C=O) groups excluding carboxylic acids is 1. The van der Waals surface area contributed by atoms with E-state index in [4.69, 9.17) is 4.74 Å². The lowest BCUT2D eigenvalue weighted by Gasteiger charge is -2.30. The van der Waals surface area contributed by atoms with Gasteiger partial charge >= 0.3 is 12.0 Å². The number of ether oxygens (including phenoxy) is 1. The molecule has 2 heterocycles. The van der Waals surface area contributed by atoms with Gasteiger partial charge in [-0.1, -0.05) is 6.92 Å². The summed E-state index contributed by atoms with van der Waals surface area (Å²) in [6, 6.07) is -0.00613. The van der Waals surface area contributed by atoms with Gasteiger partial charge in [-0.05, 0) is 32.6 Å². The van der Waals surface area contributed by atoms with Crippen molar-refractivity contribution < 1.29 is 19.4 Å². The van der Waals surface area contributed by atoms with Crippen molar-refractivity contribution in [1.29, 1.82) is 0 Å². The molecule has 2 amide bonds. The number of hydrogen-bond acceptors (Lipinski definition) is 3. The molecule has 0 saturated carbocycles. The first kappa shape index (κ1) is 15.1. The molecule has 2 aliphatic heterocycles. The standard InChI is InChI=1S/C14H24N2O4/c1-3-14(12(17)18)5-6-16(9-14)13(19)15-11-4-7-20-10(2)8-11/h10-11H,3-9H2,1-2H3,(H,15,19)(H,17,18). The molecule has 114 valence electrons. The van der Waals surface area contributed by atoms with E-state index in [-0.39, 0.29) is 18.2 Å². The third kappa shape index (κ3) is 3.06. The van der Waals surface area contributed by atoms with Crippen LogP contribution in [0.3, 0.4) is 0 Å². The molecule has 0 aromatic carbocycles. The highest BCUT2D eigenvalue weighted by Crippen LogP contribution is 2.34. The van der Waals surface area contributed by atoms with Gasteiger partial charge in [0, 0.05) is 25.7 Å². The van der Waals surface area contributed by atoms with Crippen molar-refractivity contribution in [2.24, 2.45) is 5.41 Å². The molecule has 2 aliphatic rings. The molecule has 2 N–H and O–H groups in total. The third-order valence-electron chi connectivity index (χ3n) is 4.58. The van der Waals surface area contributed by atoms with E-state index in [0.717, 1.165) is 12.8 Å². The van der Waals surface area contributed by atoms with Gasteiger partial charge in [-0.25, -0.2) is 4.79 Å². The monoisotopic (exact) mass is 284 g/mol. The van der Waals surface area contributed by atoms with E-state index in [0.29, 0.717) is 32.5 Å². The molecule has 0 aliphatic carbocycles. The Bertz CT molecular complexity index is 387. The van der Waals surface area contributed by atoms with Crippen LogP contribution < -0.4 is 5.32 Å². The molecule has 0 aromatic heterocycles. The maximum atomic E-state index is 12.2. The first-order valence-electron chi connectivity index (χ1n) is 7.37. The van der Waals surface area contributed by atoms with E-state index < -0.39 is 11.4 Å². The molecule has 6 heteroatoms. The highest BCUT2D eigenvalue weighted by atomic mass is 16.5. The summed E-state index contributed by atoms with van der Waals surface area (Å²) >= 11 is 0. The second-order valence-corrected chi connectivity index (χ2v) is 5.96. The first-order chi connectivity index (χ1) is 9.47. The zero-order chi connectivity index (χ0) is 14.8. The van der Waals surface area contributed by atoms with Gasteiger partial charge in [-0.2, -0.15) is 0 Å². The Morgan fingerprint density at radius 2 is 2.25 bits per heavy atom. The quantitative estimate of drug-likeness (QED) is 0.822. The number of carboxylic acids is 1. The Labute approximate surface area is 119 Å². The summed E-state index contributed by atoms with van der Waals surface area (Å²) in [7, 11) is 0. The number of nitrogens with one attached hydrogen (secondary N) is 1. The van der Waals surface area contributed by atoms with E-state index in [1.54, 1.807) is 4.90 Å². The molecule has 2 fully saturated rings. The van der Waals surface area contributed by atoms with E-state index in [9.17, 15) is 14.7 Å². The minimum absolute atomic E-state index is 0.132. The number of urea groups is 1. The summed E-state index contributed by atoms with van der Waals surface area (Å²) < 4.78 is 5.45. The lowest BCUT2D eigenvalue weighted by molar-refractivity contribution is -0.148. The largest absolute Gasteiger partial charge is 0.481 e. The van der Waals surface area contributed by atoms with Crippen LogP contribution in [0, 0.1) is 5.41 Å². The van der Waals surface area contributed by atoms with Crippen molar-refractivity contribution in [3.63, 3.8) is 0 Å². The van der Waals surface area contributed by atoms with Crippen molar-refractivity contribution >= 4 is 12.0 Å². The fourth-order valence-electron chi connectivity index (χ4n) is 3.06. The van der Waals surface area contributed by atoms with Gasteiger partial charge in [-0.15, -0.1) is 0 Å². The number of nitrogens with zero attached hydrogens (tertiary/aromatic N) is 1. The smallest absolute Gasteiger partial charge is 0.317 e. The Morgan fingerprint density at radius 3 is 2.80 bits per heavy atom. The van der Waals surface area contributed by atoms with Crippen molar-refractivity contribution in [1.82, 2.24) is 10.2 Å². The zero-order valence-corrected chi connectivity index (χ0v) is 12.2. The van der Waals surface area contributed by atoms with Gasteiger partial charge in [0.15, 0.2) is 0 Å². The fraction of sp³-hybridized carbons (Fsp3) is 0.857. The SMILES string of the molecule is CCC1(C(=O)O)CCN(C(=O)NC2CCOC(C)C2)C1. The highest BCUT2D eigenvalue weighted by Gasteiger charge is 2.45. The maximum Gasteiger partial charge on any atom is 0.317 e. The molecular weight excluding hydrogens is 260 g/mol. The average Bonchev–Trinajstić information content (AvgIpc) is 2.84. The molecule has 2 saturated heterocycles. The number of carbonyl (C=O) groups is 2. The fourth-order valence-corrected chi connectivity index (χ4v) is 3.06. The molecule has 0 spiro atoms. The first-order valence-corrected chi connectivity index (χ1v) is 7.37. The topological polar surface area (TPSA) is 78.9 Å². The maximum absolute atomic E-state index is 12.2. The summed E-state index contributed by atoms with van der Waals surface area (Å²) in [6.07, 6.45) is 2.90. The number of carboxylic acid groups (broad SMARTS) is 1. The van der Waals surface area contributed by atoms with Crippen molar-refractivity contribution in [2.45, 2.75) is 51.7 Å². The van der Waals surface area contributed by atoms with Gasteiger partial charge in [0.2, 0.25) is 0 Å². The normalized spacial score (nSPS) is 34.0. The summed E-state index contributed by atoms with van der Waals surface area (Å²) in [5, 5.41) is 12.4. The number of amides is 2. The number of likely N-dealkylation sites (tertiary alicyclic amines) is 1. The van der Waals surface area contributed by atoms with Crippen LogP contribution in [0.1, 0.15) is 39.5 Å². The van der Waals surface area contributed by atoms with Gasteiger partial charge in [0.05, 0.1) is 11.5 Å². The number of hydrogen-bond donors (Lipinski definition) is 2. The summed E-state index contributed by atoms with van der Waals surface area (Å²) in [6.45, 7) is 5.37. The van der Waals surface area contributed by atoms with Crippen molar-refractivity contribution in [2.75, 3.05) is 19.7 Å². The zero-order valence-electron chi connectivity index (χ0n) is 12.2. The molecule has 2 rings (SSSR count). The van der Waals surface area contributed by atoms with Crippen LogP contribution in [-0.2, 0) is 9.53 Å². The molecule has 0 aromatic rings. The van der Waals surface area contributed by atoms with Crippen LogP contribution in [0.2, 0.25) is 0 Å². The second kappa shape index (κ2) is 5.99. The van der Waals surface area contributed by atoms with E-state index >= 15 is 0 Å². The summed E-state index contributed by atoms with van der Waals surface area (Å²) in [5.41, 5.74) is -0.764. The molecular formula is C14H24N2O4. The van der Waals surface area contributed by atoms with Gasteiger partial charge < -0.3 is 20.1 Å². The van der Waals surface area contributed by atoms with Crippen LogP contribution in [-0.4, -0.2) is 53.8 Å². The second-order valence-electron chi connectivity index (χ2n) is 5.96. The number of rotatable bonds is 3. The van der Waals surface area contributed by atoms with Crippen molar-refractivity contribution in [3.8, 4) is 0 Å². The molecule has 3 atom stereocenters. The molecule has 3 unspecified atom stereocenters. The van der Waals surface area contributed by atoms with Gasteiger partial charge in [0.1, 0.15) is 0 Å². The highest BCUT2D eigenvalue weighted by molar-refractivity contribution is 5.79. The van der Waals surface area contributed by atoms with Crippen LogP contribution >= 0.6 is 0 Å². The lowest BCUT2D eigenvalue weighted by atomic mass is 9.84. The van der Waals surface area contributed by atoms with E-state index in [1.807, 2.05) is 13.8 Å². The molecule has 6 nitrogen and oxygen atoms in total. The Morgan fingerprint density at radius 1 is 1.50 bits per heavy atom. The van der Waals surface area contributed by atoms with Gasteiger partial charge in [-0.3, -0.25) is 4.79 Å². The van der Waals surface area contributed by atoms with Crippen LogP contribution in [0.15, 0.2) is 0 Å². The number of aliphatic carboxylic acids is 1.